The summed E-state index contributed by atoms with van der Waals surface area (Å²) in [6.45, 7) is 0. The number of aryl methyl sites for hydroxylation is 1. The number of carbonyl (C=O) groups excluding carboxylic acids is 1. The SMILES string of the molecule is Cn1nc(C(=O)Nc2cn[nH]c2)ccc1=O. The first kappa shape index (κ1) is 10.1. The summed E-state index contributed by atoms with van der Waals surface area (Å²) < 4.78 is 1.10. The van der Waals surface area contributed by atoms with Crippen molar-refractivity contribution in [1.29, 1.82) is 0 Å². The van der Waals surface area contributed by atoms with Crippen molar-refractivity contribution in [3.63, 3.8) is 0 Å². The van der Waals surface area contributed by atoms with Crippen molar-refractivity contribution in [3.05, 3.63) is 40.6 Å². The monoisotopic (exact) mass is 219 g/mol. The van der Waals surface area contributed by atoms with Gasteiger partial charge in [0.2, 0.25) is 0 Å². The van der Waals surface area contributed by atoms with Crippen LogP contribution in [0.25, 0.3) is 0 Å². The van der Waals surface area contributed by atoms with Gasteiger partial charge in [-0.2, -0.15) is 10.2 Å². The lowest BCUT2D eigenvalue weighted by atomic mass is 10.3. The minimum atomic E-state index is -0.392. The summed E-state index contributed by atoms with van der Waals surface area (Å²) in [6.07, 6.45) is 3.01. The van der Waals surface area contributed by atoms with Crippen molar-refractivity contribution in [2.24, 2.45) is 7.05 Å². The molecule has 2 aromatic rings. The van der Waals surface area contributed by atoms with Gasteiger partial charge in [0.05, 0.1) is 11.9 Å². The van der Waals surface area contributed by atoms with E-state index in [9.17, 15) is 9.59 Å². The normalized spacial score (nSPS) is 10.1. The van der Waals surface area contributed by atoms with Crippen molar-refractivity contribution < 1.29 is 4.79 Å². The van der Waals surface area contributed by atoms with Crippen LogP contribution in [0.4, 0.5) is 5.69 Å². The maximum atomic E-state index is 11.6. The summed E-state index contributed by atoms with van der Waals surface area (Å²) in [5.74, 6) is -0.392. The zero-order valence-corrected chi connectivity index (χ0v) is 8.47. The Labute approximate surface area is 90.1 Å². The number of H-pyrrole nitrogens is 1. The van der Waals surface area contributed by atoms with Crippen LogP contribution in [0.2, 0.25) is 0 Å². The highest BCUT2D eigenvalue weighted by Crippen LogP contribution is 2.03. The first-order valence-corrected chi connectivity index (χ1v) is 4.51. The van der Waals surface area contributed by atoms with Gasteiger partial charge in [-0.05, 0) is 6.07 Å². The number of hydrogen-bond acceptors (Lipinski definition) is 4. The Kier molecular flexibility index (Phi) is 2.50. The minimum Gasteiger partial charge on any atom is -0.318 e. The zero-order valence-electron chi connectivity index (χ0n) is 8.47. The molecular weight excluding hydrogens is 210 g/mol. The molecule has 0 atom stereocenters. The lowest BCUT2D eigenvalue weighted by Crippen LogP contribution is -2.23. The van der Waals surface area contributed by atoms with Crippen LogP contribution in [0.15, 0.2) is 29.3 Å². The third kappa shape index (κ3) is 1.97. The molecule has 16 heavy (non-hydrogen) atoms. The Hall–Kier alpha value is -2.44. The molecule has 2 aromatic heterocycles. The van der Waals surface area contributed by atoms with Crippen LogP contribution >= 0.6 is 0 Å². The first-order chi connectivity index (χ1) is 7.66. The summed E-state index contributed by atoms with van der Waals surface area (Å²) in [5.41, 5.74) is 0.448. The minimum absolute atomic E-state index is 0.170. The van der Waals surface area contributed by atoms with Gasteiger partial charge >= 0.3 is 0 Å². The highest BCUT2D eigenvalue weighted by atomic mass is 16.2. The van der Waals surface area contributed by atoms with Gasteiger partial charge < -0.3 is 5.32 Å². The largest absolute Gasteiger partial charge is 0.318 e. The summed E-state index contributed by atoms with van der Waals surface area (Å²) in [7, 11) is 1.48. The Morgan fingerprint density at radius 3 is 2.94 bits per heavy atom. The van der Waals surface area contributed by atoms with E-state index in [0.717, 1.165) is 4.68 Å². The van der Waals surface area contributed by atoms with Gasteiger partial charge in [0.1, 0.15) is 5.69 Å². The van der Waals surface area contributed by atoms with E-state index in [0.29, 0.717) is 5.69 Å². The number of nitrogens with one attached hydrogen (secondary N) is 2. The molecule has 82 valence electrons. The third-order valence-corrected chi connectivity index (χ3v) is 1.95. The van der Waals surface area contributed by atoms with E-state index in [2.05, 4.69) is 20.6 Å². The lowest BCUT2D eigenvalue weighted by molar-refractivity contribution is 0.102. The highest BCUT2D eigenvalue weighted by Gasteiger charge is 2.08. The number of amides is 1. The van der Waals surface area contributed by atoms with Crippen LogP contribution in [0.1, 0.15) is 10.5 Å². The van der Waals surface area contributed by atoms with Crippen molar-refractivity contribution in [2.45, 2.75) is 0 Å². The molecule has 2 N–H and O–H groups in total. The summed E-state index contributed by atoms with van der Waals surface area (Å²) in [6, 6.07) is 2.66. The Balaban J connectivity index is 2.21. The fourth-order valence-electron chi connectivity index (χ4n) is 1.14. The van der Waals surface area contributed by atoms with Crippen molar-refractivity contribution in [1.82, 2.24) is 20.0 Å². The van der Waals surface area contributed by atoms with Gasteiger partial charge in [-0.25, -0.2) is 4.68 Å². The Morgan fingerprint density at radius 2 is 2.31 bits per heavy atom. The molecule has 0 bridgehead atoms. The number of anilines is 1. The Morgan fingerprint density at radius 1 is 1.50 bits per heavy atom. The second-order valence-electron chi connectivity index (χ2n) is 3.12. The number of aromatic nitrogens is 4. The number of nitrogens with zero attached hydrogens (tertiary/aromatic N) is 3. The zero-order chi connectivity index (χ0) is 11.5. The summed E-state index contributed by atoms with van der Waals surface area (Å²) >= 11 is 0. The molecule has 0 aliphatic carbocycles. The van der Waals surface area contributed by atoms with Crippen molar-refractivity contribution in [2.75, 3.05) is 5.32 Å². The molecule has 0 fully saturated rings. The molecule has 0 aromatic carbocycles. The molecule has 0 saturated carbocycles. The van der Waals surface area contributed by atoms with Crippen LogP contribution < -0.4 is 10.9 Å². The topological polar surface area (TPSA) is 92.7 Å². The fourth-order valence-corrected chi connectivity index (χ4v) is 1.14. The van der Waals surface area contributed by atoms with E-state index >= 15 is 0 Å². The van der Waals surface area contributed by atoms with Crippen LogP contribution in [0, 0.1) is 0 Å². The number of aromatic amines is 1. The average Bonchev–Trinajstić information content (AvgIpc) is 2.74. The second-order valence-corrected chi connectivity index (χ2v) is 3.12. The molecule has 7 heteroatoms. The van der Waals surface area contributed by atoms with Gasteiger partial charge in [-0.15, -0.1) is 0 Å². The van der Waals surface area contributed by atoms with Gasteiger partial charge in [-0.1, -0.05) is 0 Å². The second kappa shape index (κ2) is 3.97. The smallest absolute Gasteiger partial charge is 0.276 e. The van der Waals surface area contributed by atoms with Gasteiger partial charge in [0, 0.05) is 19.3 Å². The lowest BCUT2D eigenvalue weighted by Gasteiger charge is -2.02. The van der Waals surface area contributed by atoms with Crippen molar-refractivity contribution >= 4 is 11.6 Å². The van der Waals surface area contributed by atoms with Crippen LogP contribution in [0.5, 0.6) is 0 Å². The molecule has 0 unspecified atom stereocenters. The Bertz CT molecular complexity index is 558. The molecule has 0 aliphatic heterocycles. The average molecular weight is 219 g/mol. The van der Waals surface area contributed by atoms with E-state index in [1.807, 2.05) is 0 Å². The molecule has 7 nitrogen and oxygen atoms in total. The molecule has 2 rings (SSSR count). The van der Waals surface area contributed by atoms with E-state index < -0.39 is 5.91 Å². The predicted octanol–water partition coefficient (Wildman–Crippen LogP) is -0.244. The van der Waals surface area contributed by atoms with Crippen LogP contribution in [0.3, 0.4) is 0 Å². The molecule has 0 saturated heterocycles. The first-order valence-electron chi connectivity index (χ1n) is 4.51. The van der Waals surface area contributed by atoms with Gasteiger partial charge in [0.25, 0.3) is 11.5 Å². The van der Waals surface area contributed by atoms with Crippen molar-refractivity contribution in [3.8, 4) is 0 Å². The van der Waals surface area contributed by atoms with E-state index in [1.165, 1.54) is 25.4 Å². The standard InChI is InChI=1S/C9H9N5O2/c1-14-8(15)3-2-7(13-14)9(16)12-6-4-10-11-5-6/h2-5H,1H3,(H,10,11)(H,12,16). The molecule has 0 spiro atoms. The van der Waals surface area contributed by atoms with Crippen LogP contribution in [-0.2, 0) is 7.05 Å². The maximum Gasteiger partial charge on any atom is 0.276 e. The van der Waals surface area contributed by atoms with Gasteiger partial charge in [0.15, 0.2) is 0 Å². The molecule has 1 amide bonds. The molecular formula is C9H9N5O2. The predicted molar refractivity (Wildman–Crippen MR) is 56.0 cm³/mol. The number of hydrogen-bond donors (Lipinski definition) is 2. The third-order valence-electron chi connectivity index (χ3n) is 1.95. The number of carbonyl (C=O) groups is 1. The summed E-state index contributed by atoms with van der Waals surface area (Å²) in [4.78, 5) is 22.7. The quantitative estimate of drug-likeness (QED) is 0.728. The van der Waals surface area contributed by atoms with E-state index in [-0.39, 0.29) is 11.3 Å². The van der Waals surface area contributed by atoms with E-state index in [1.54, 1.807) is 6.20 Å². The van der Waals surface area contributed by atoms with E-state index in [4.69, 9.17) is 0 Å². The van der Waals surface area contributed by atoms with Gasteiger partial charge in [-0.3, -0.25) is 14.7 Å². The molecule has 0 radical (unpaired) electrons. The molecule has 2 heterocycles. The summed E-state index contributed by atoms with van der Waals surface area (Å²) in [5, 5.41) is 12.6. The maximum absolute atomic E-state index is 11.6. The molecule has 0 aliphatic rings. The van der Waals surface area contributed by atoms with Crippen LogP contribution in [-0.4, -0.2) is 25.9 Å². The fraction of sp³-hybridized carbons (Fsp3) is 0.111. The number of rotatable bonds is 2. The highest BCUT2D eigenvalue weighted by molar-refractivity contribution is 6.02.